The maximum absolute atomic E-state index is 11.7. The molecule has 2 N–H and O–H groups in total. The number of carbonyl (C=O) groups is 1. The highest BCUT2D eigenvalue weighted by molar-refractivity contribution is 5.75. The monoisotopic (exact) mass is 250 g/mol. The minimum absolute atomic E-state index is 0.128. The second-order valence-electron chi connectivity index (χ2n) is 4.91. The Labute approximate surface area is 108 Å². The summed E-state index contributed by atoms with van der Waals surface area (Å²) < 4.78 is 1.78. The minimum atomic E-state index is 0.128. The Morgan fingerprint density at radius 1 is 1.61 bits per heavy atom. The van der Waals surface area contributed by atoms with E-state index in [0.29, 0.717) is 19.0 Å². The molecule has 1 aliphatic heterocycles. The first kappa shape index (κ1) is 13.1. The van der Waals surface area contributed by atoms with Gasteiger partial charge in [0.25, 0.3) is 0 Å². The fraction of sp³-hybridized carbons (Fsp3) is 0.692. The Bertz CT molecular complexity index is 382. The van der Waals surface area contributed by atoms with Crippen LogP contribution in [-0.2, 0) is 18.4 Å². The predicted octanol–water partition coefficient (Wildman–Crippen LogP) is 0.959. The topological polar surface area (TPSA) is 59.0 Å². The summed E-state index contributed by atoms with van der Waals surface area (Å²) in [6.45, 7) is 1.66. The summed E-state index contributed by atoms with van der Waals surface area (Å²) >= 11 is 0. The van der Waals surface area contributed by atoms with Gasteiger partial charge in [0.1, 0.15) is 0 Å². The van der Waals surface area contributed by atoms with Crippen LogP contribution in [0.1, 0.15) is 37.8 Å². The zero-order chi connectivity index (χ0) is 12.8. The zero-order valence-electron chi connectivity index (χ0n) is 11.0. The van der Waals surface area contributed by atoms with E-state index in [1.165, 1.54) is 19.3 Å². The second-order valence-corrected chi connectivity index (χ2v) is 4.91. The maximum Gasteiger partial charge on any atom is 0.220 e. The van der Waals surface area contributed by atoms with Gasteiger partial charge in [0, 0.05) is 25.7 Å². The van der Waals surface area contributed by atoms with Crippen LogP contribution in [0.5, 0.6) is 0 Å². The van der Waals surface area contributed by atoms with Crippen LogP contribution >= 0.6 is 0 Å². The molecule has 18 heavy (non-hydrogen) atoms. The van der Waals surface area contributed by atoms with Crippen LogP contribution in [0.2, 0.25) is 0 Å². The molecule has 0 spiro atoms. The first-order valence-corrected chi connectivity index (χ1v) is 6.72. The minimum Gasteiger partial charge on any atom is -0.350 e. The van der Waals surface area contributed by atoms with Crippen LogP contribution in [0.4, 0.5) is 0 Å². The van der Waals surface area contributed by atoms with Gasteiger partial charge in [0.05, 0.1) is 12.2 Å². The Kier molecular flexibility index (Phi) is 4.75. The Morgan fingerprint density at radius 2 is 2.50 bits per heavy atom. The average molecular weight is 250 g/mol. The molecule has 1 aromatic rings. The van der Waals surface area contributed by atoms with Gasteiger partial charge >= 0.3 is 0 Å². The molecular weight excluding hydrogens is 228 g/mol. The third kappa shape index (κ3) is 3.84. The Hall–Kier alpha value is -1.36. The van der Waals surface area contributed by atoms with Crippen molar-refractivity contribution in [1.82, 2.24) is 20.4 Å². The summed E-state index contributed by atoms with van der Waals surface area (Å²) in [6.07, 6.45) is 7.05. The second kappa shape index (κ2) is 6.54. The van der Waals surface area contributed by atoms with Crippen molar-refractivity contribution in [3.63, 3.8) is 0 Å². The summed E-state index contributed by atoms with van der Waals surface area (Å²) in [6, 6.07) is 2.45. The summed E-state index contributed by atoms with van der Waals surface area (Å²) in [5.74, 6) is 0.128. The molecule has 1 unspecified atom stereocenters. The quantitative estimate of drug-likeness (QED) is 0.818. The molecule has 1 aliphatic rings. The van der Waals surface area contributed by atoms with Crippen molar-refractivity contribution in [1.29, 1.82) is 0 Å². The smallest absolute Gasteiger partial charge is 0.220 e. The van der Waals surface area contributed by atoms with Crippen molar-refractivity contribution in [3.8, 4) is 0 Å². The Morgan fingerprint density at radius 3 is 3.17 bits per heavy atom. The standard InChI is InChI=1S/C13H22N4O/c1-17-12(7-9-16-17)10-15-13(18)6-5-11-4-2-3-8-14-11/h7,9,11,14H,2-6,8,10H2,1H3,(H,15,18). The molecule has 1 aromatic heterocycles. The molecule has 0 bridgehead atoms. The molecule has 0 aromatic carbocycles. The molecule has 2 rings (SSSR count). The number of amides is 1. The van der Waals surface area contributed by atoms with Gasteiger partial charge in [-0.25, -0.2) is 0 Å². The van der Waals surface area contributed by atoms with E-state index in [4.69, 9.17) is 0 Å². The predicted molar refractivity (Wildman–Crippen MR) is 69.9 cm³/mol. The lowest BCUT2D eigenvalue weighted by atomic mass is 10.0. The molecule has 1 amide bonds. The molecule has 0 saturated carbocycles. The normalized spacial score (nSPS) is 19.7. The molecule has 5 nitrogen and oxygen atoms in total. The van der Waals surface area contributed by atoms with E-state index >= 15 is 0 Å². The first-order chi connectivity index (χ1) is 8.75. The lowest BCUT2D eigenvalue weighted by molar-refractivity contribution is -0.121. The highest BCUT2D eigenvalue weighted by Crippen LogP contribution is 2.11. The van der Waals surface area contributed by atoms with Crippen LogP contribution in [-0.4, -0.2) is 28.3 Å². The van der Waals surface area contributed by atoms with Gasteiger partial charge < -0.3 is 10.6 Å². The average Bonchev–Trinajstić information content (AvgIpc) is 2.81. The highest BCUT2D eigenvalue weighted by atomic mass is 16.1. The summed E-state index contributed by atoms with van der Waals surface area (Å²) in [7, 11) is 1.88. The van der Waals surface area contributed by atoms with Crippen LogP contribution in [0.25, 0.3) is 0 Å². The van der Waals surface area contributed by atoms with Crippen LogP contribution in [0, 0.1) is 0 Å². The first-order valence-electron chi connectivity index (χ1n) is 6.72. The van der Waals surface area contributed by atoms with E-state index in [9.17, 15) is 4.79 Å². The molecule has 1 atom stereocenters. The number of piperidine rings is 1. The number of rotatable bonds is 5. The van der Waals surface area contributed by atoms with Gasteiger partial charge in [-0.3, -0.25) is 9.48 Å². The van der Waals surface area contributed by atoms with Crippen molar-refractivity contribution in [2.75, 3.05) is 6.54 Å². The molecule has 0 radical (unpaired) electrons. The molecule has 5 heteroatoms. The number of carbonyl (C=O) groups excluding carboxylic acids is 1. The van der Waals surface area contributed by atoms with Gasteiger partial charge in [-0.15, -0.1) is 0 Å². The summed E-state index contributed by atoms with van der Waals surface area (Å²) in [4.78, 5) is 11.7. The van der Waals surface area contributed by atoms with E-state index in [1.807, 2.05) is 13.1 Å². The number of hydrogen-bond acceptors (Lipinski definition) is 3. The van der Waals surface area contributed by atoms with Crippen LogP contribution in [0.15, 0.2) is 12.3 Å². The molecule has 2 heterocycles. The number of aryl methyl sites for hydroxylation is 1. The number of nitrogens with one attached hydrogen (secondary N) is 2. The third-order valence-corrected chi connectivity index (χ3v) is 3.52. The third-order valence-electron chi connectivity index (χ3n) is 3.52. The number of aromatic nitrogens is 2. The molecule has 100 valence electrons. The lowest BCUT2D eigenvalue weighted by Gasteiger charge is -2.23. The van der Waals surface area contributed by atoms with Gasteiger partial charge in [0.15, 0.2) is 0 Å². The SMILES string of the molecule is Cn1nccc1CNC(=O)CCC1CCCCN1. The number of nitrogens with zero attached hydrogens (tertiary/aromatic N) is 2. The van der Waals surface area contributed by atoms with Crippen molar-refractivity contribution >= 4 is 5.91 Å². The largest absolute Gasteiger partial charge is 0.350 e. The van der Waals surface area contributed by atoms with E-state index in [1.54, 1.807) is 10.9 Å². The zero-order valence-corrected chi connectivity index (χ0v) is 11.0. The summed E-state index contributed by atoms with van der Waals surface area (Å²) in [5, 5.41) is 10.5. The van der Waals surface area contributed by atoms with Crippen molar-refractivity contribution in [2.45, 2.75) is 44.7 Å². The highest BCUT2D eigenvalue weighted by Gasteiger charge is 2.13. The number of hydrogen-bond donors (Lipinski definition) is 2. The van der Waals surface area contributed by atoms with Gasteiger partial charge in [-0.2, -0.15) is 5.10 Å². The van der Waals surface area contributed by atoms with Crippen LogP contribution in [0.3, 0.4) is 0 Å². The van der Waals surface area contributed by atoms with E-state index in [0.717, 1.165) is 18.7 Å². The van der Waals surface area contributed by atoms with Crippen molar-refractivity contribution in [2.24, 2.45) is 7.05 Å². The molecule has 0 aliphatic carbocycles. The van der Waals surface area contributed by atoms with E-state index in [2.05, 4.69) is 15.7 Å². The van der Waals surface area contributed by atoms with Crippen molar-refractivity contribution in [3.05, 3.63) is 18.0 Å². The fourth-order valence-electron chi connectivity index (χ4n) is 2.33. The molecule has 1 saturated heterocycles. The summed E-state index contributed by atoms with van der Waals surface area (Å²) in [5.41, 5.74) is 1.03. The fourth-order valence-corrected chi connectivity index (χ4v) is 2.33. The van der Waals surface area contributed by atoms with Gasteiger partial charge in [-0.1, -0.05) is 6.42 Å². The van der Waals surface area contributed by atoms with E-state index < -0.39 is 0 Å². The Balaban J connectivity index is 1.64. The van der Waals surface area contributed by atoms with E-state index in [-0.39, 0.29) is 5.91 Å². The maximum atomic E-state index is 11.7. The van der Waals surface area contributed by atoms with Crippen molar-refractivity contribution < 1.29 is 4.79 Å². The molecular formula is C13H22N4O. The molecule has 1 fully saturated rings. The van der Waals surface area contributed by atoms with Crippen LogP contribution < -0.4 is 10.6 Å². The van der Waals surface area contributed by atoms with Gasteiger partial charge in [-0.05, 0) is 31.9 Å². The van der Waals surface area contributed by atoms with Gasteiger partial charge in [0.2, 0.25) is 5.91 Å². The lowest BCUT2D eigenvalue weighted by Crippen LogP contribution is -2.35.